The van der Waals surface area contributed by atoms with Gasteiger partial charge in [-0.2, -0.15) is 5.26 Å². The third-order valence-corrected chi connectivity index (χ3v) is 4.18. The number of Topliss-reactive ketones (excluding diaryl/α,β-unsaturated/α-hetero) is 1. The Morgan fingerprint density at radius 2 is 2.09 bits per heavy atom. The van der Waals surface area contributed by atoms with Gasteiger partial charge in [0.1, 0.15) is 6.07 Å². The molecule has 0 aliphatic rings. The van der Waals surface area contributed by atoms with Gasteiger partial charge in [0.2, 0.25) is 0 Å². The van der Waals surface area contributed by atoms with Crippen LogP contribution in [0.15, 0.2) is 23.2 Å². The molecule has 5 heteroatoms. The number of allylic oxidation sites excluding steroid dienone is 1. The number of carbonyl (C=O) groups is 1. The van der Waals surface area contributed by atoms with Gasteiger partial charge in [-0.25, -0.2) is 4.98 Å². The number of nitrogens with zero attached hydrogens (tertiary/aromatic N) is 3. The zero-order chi connectivity index (χ0) is 16.5. The topological polar surface area (TPSA) is 58.7 Å². The number of aromatic nitrogens is 2. The number of aryl methyl sites for hydroxylation is 1. The largest absolute Gasteiger partial charge is 0.294 e. The molecule has 2 heterocycles. The van der Waals surface area contributed by atoms with E-state index in [2.05, 4.69) is 4.98 Å². The number of ketones is 1. The molecule has 0 aromatic carbocycles. The van der Waals surface area contributed by atoms with Crippen molar-refractivity contribution in [2.75, 3.05) is 0 Å². The number of carbonyl (C=O) groups excluding carboxylic acids is 1. The fraction of sp³-hybridized carbons (Fsp3) is 0.353. The van der Waals surface area contributed by atoms with Crippen LogP contribution in [0.3, 0.4) is 0 Å². The van der Waals surface area contributed by atoms with Gasteiger partial charge in [-0.3, -0.25) is 9.36 Å². The summed E-state index contributed by atoms with van der Waals surface area (Å²) in [5, 5.41) is 12.1. The number of thiazole rings is 1. The highest BCUT2D eigenvalue weighted by Gasteiger charge is 2.25. The summed E-state index contributed by atoms with van der Waals surface area (Å²) in [5.41, 5.74) is 2.50. The highest BCUT2D eigenvalue weighted by Crippen LogP contribution is 2.26. The van der Waals surface area contributed by atoms with Crippen LogP contribution in [0.2, 0.25) is 0 Å². The molecule has 0 saturated carbocycles. The van der Waals surface area contributed by atoms with Gasteiger partial charge in [0, 0.05) is 28.4 Å². The second-order valence-corrected chi connectivity index (χ2v) is 7.10. The van der Waals surface area contributed by atoms with E-state index in [9.17, 15) is 10.1 Å². The fourth-order valence-corrected chi connectivity index (χ4v) is 3.01. The van der Waals surface area contributed by atoms with E-state index in [1.807, 2.05) is 56.7 Å². The van der Waals surface area contributed by atoms with Crippen LogP contribution in [0, 0.1) is 30.6 Å². The molecule has 0 saturated heterocycles. The molecular formula is C17H19N3OS. The number of nitriles is 1. The summed E-state index contributed by atoms with van der Waals surface area (Å²) in [6, 6.07) is 4.01. The molecule has 0 N–H and O–H groups in total. The van der Waals surface area contributed by atoms with Crippen molar-refractivity contribution in [2.45, 2.75) is 34.6 Å². The van der Waals surface area contributed by atoms with Gasteiger partial charge in [-0.15, -0.1) is 11.3 Å². The number of hydrogen-bond acceptors (Lipinski definition) is 4. The van der Waals surface area contributed by atoms with Crippen LogP contribution in [0.1, 0.15) is 37.7 Å². The minimum Gasteiger partial charge on any atom is -0.294 e. The van der Waals surface area contributed by atoms with Gasteiger partial charge >= 0.3 is 0 Å². The average molecular weight is 313 g/mol. The van der Waals surface area contributed by atoms with Gasteiger partial charge in [-0.05, 0) is 31.6 Å². The summed E-state index contributed by atoms with van der Waals surface area (Å²) in [6.45, 7) is 9.41. The molecular weight excluding hydrogens is 294 g/mol. The van der Waals surface area contributed by atoms with E-state index in [1.165, 1.54) is 0 Å². The summed E-state index contributed by atoms with van der Waals surface area (Å²) < 4.78 is 2.03. The fourth-order valence-electron chi connectivity index (χ4n) is 2.26. The van der Waals surface area contributed by atoms with Gasteiger partial charge in [0.15, 0.2) is 10.9 Å². The summed E-state index contributed by atoms with van der Waals surface area (Å²) in [4.78, 5) is 16.6. The lowest BCUT2D eigenvalue weighted by Crippen LogP contribution is -2.21. The van der Waals surface area contributed by atoms with Crippen LogP contribution in [0.5, 0.6) is 0 Å². The quantitative estimate of drug-likeness (QED) is 0.634. The van der Waals surface area contributed by atoms with Crippen molar-refractivity contribution in [3.05, 3.63) is 40.2 Å². The predicted octanol–water partition coefficient (Wildman–Crippen LogP) is 4.07. The summed E-state index contributed by atoms with van der Waals surface area (Å²) in [6.07, 6.45) is 3.44. The molecule has 2 rings (SSSR count). The second-order valence-electron chi connectivity index (χ2n) is 6.23. The molecule has 0 aliphatic heterocycles. The van der Waals surface area contributed by atoms with Crippen molar-refractivity contribution in [3.63, 3.8) is 0 Å². The lowest BCUT2D eigenvalue weighted by Gasteiger charge is -2.15. The molecule has 0 amide bonds. The van der Waals surface area contributed by atoms with Crippen molar-refractivity contribution < 1.29 is 4.79 Å². The average Bonchev–Trinajstić information content (AvgIpc) is 3.03. The highest BCUT2D eigenvalue weighted by atomic mass is 32.1. The molecule has 22 heavy (non-hydrogen) atoms. The van der Waals surface area contributed by atoms with Crippen LogP contribution < -0.4 is 0 Å². The Bertz CT molecular complexity index is 768. The van der Waals surface area contributed by atoms with Crippen LogP contribution in [-0.2, 0) is 4.79 Å². The second kappa shape index (κ2) is 5.90. The Kier molecular flexibility index (Phi) is 4.34. The van der Waals surface area contributed by atoms with E-state index < -0.39 is 5.41 Å². The maximum absolute atomic E-state index is 12.3. The number of hydrogen-bond donors (Lipinski definition) is 0. The third kappa shape index (κ3) is 3.02. The zero-order valence-electron chi connectivity index (χ0n) is 13.5. The van der Waals surface area contributed by atoms with E-state index in [0.29, 0.717) is 0 Å². The van der Waals surface area contributed by atoms with Crippen molar-refractivity contribution in [1.82, 2.24) is 9.55 Å². The molecule has 0 unspecified atom stereocenters. The molecule has 2 aromatic heterocycles. The van der Waals surface area contributed by atoms with Crippen LogP contribution in [-0.4, -0.2) is 15.3 Å². The van der Waals surface area contributed by atoms with Crippen molar-refractivity contribution in [3.8, 4) is 11.2 Å². The molecule has 0 radical (unpaired) electrons. The first-order chi connectivity index (χ1) is 10.3. The number of rotatable bonds is 3. The maximum atomic E-state index is 12.3. The monoisotopic (exact) mass is 313 g/mol. The lowest BCUT2D eigenvalue weighted by atomic mass is 9.86. The smallest absolute Gasteiger partial charge is 0.193 e. The van der Waals surface area contributed by atoms with Crippen LogP contribution in [0.4, 0.5) is 0 Å². The van der Waals surface area contributed by atoms with Gasteiger partial charge in [-0.1, -0.05) is 20.8 Å². The van der Waals surface area contributed by atoms with E-state index in [-0.39, 0.29) is 11.4 Å². The van der Waals surface area contributed by atoms with Gasteiger partial charge in [0.25, 0.3) is 0 Å². The molecule has 0 bridgehead atoms. The molecule has 0 aliphatic carbocycles. The molecule has 2 aromatic rings. The van der Waals surface area contributed by atoms with Gasteiger partial charge < -0.3 is 0 Å². The normalized spacial score (nSPS) is 12.3. The summed E-state index contributed by atoms with van der Waals surface area (Å²) >= 11 is 1.55. The third-order valence-electron chi connectivity index (χ3n) is 3.43. The Balaban J connectivity index is 2.51. The van der Waals surface area contributed by atoms with E-state index >= 15 is 0 Å². The SMILES string of the molecule is Cc1cc(/C=C(\C#N)C(=O)C(C)(C)C)c(C)n1-c1nccs1. The minimum absolute atomic E-state index is 0.144. The van der Waals surface area contributed by atoms with Crippen LogP contribution in [0.25, 0.3) is 11.2 Å². The first kappa shape index (κ1) is 16.2. The molecule has 0 fully saturated rings. The van der Waals surface area contributed by atoms with Crippen molar-refractivity contribution in [1.29, 1.82) is 5.26 Å². The van der Waals surface area contributed by atoms with Crippen molar-refractivity contribution in [2.24, 2.45) is 5.41 Å². The van der Waals surface area contributed by atoms with E-state index in [1.54, 1.807) is 23.6 Å². The Labute approximate surface area is 134 Å². The predicted molar refractivity (Wildman–Crippen MR) is 89.0 cm³/mol. The minimum atomic E-state index is -0.567. The maximum Gasteiger partial charge on any atom is 0.193 e. The first-order valence-corrected chi connectivity index (χ1v) is 7.89. The molecule has 0 atom stereocenters. The first-order valence-electron chi connectivity index (χ1n) is 7.01. The summed E-state index contributed by atoms with van der Waals surface area (Å²) in [7, 11) is 0. The van der Waals surface area contributed by atoms with Gasteiger partial charge in [0.05, 0.1) is 5.57 Å². The van der Waals surface area contributed by atoms with E-state index in [0.717, 1.165) is 22.1 Å². The lowest BCUT2D eigenvalue weighted by molar-refractivity contribution is -0.121. The van der Waals surface area contributed by atoms with Crippen LogP contribution >= 0.6 is 11.3 Å². The zero-order valence-corrected chi connectivity index (χ0v) is 14.3. The van der Waals surface area contributed by atoms with E-state index in [4.69, 9.17) is 0 Å². The standard InChI is InChI=1S/C17H19N3OS/c1-11-8-13(9-14(10-18)15(21)17(3,4)5)12(2)20(11)16-19-6-7-22-16/h6-9H,1-5H3/b14-9+. The molecule has 114 valence electrons. The van der Waals surface area contributed by atoms with Crippen molar-refractivity contribution >= 4 is 23.2 Å². The Morgan fingerprint density at radius 3 is 2.59 bits per heavy atom. The Morgan fingerprint density at radius 1 is 1.41 bits per heavy atom. The highest BCUT2D eigenvalue weighted by molar-refractivity contribution is 7.12. The summed E-state index contributed by atoms with van der Waals surface area (Å²) in [5.74, 6) is -0.144. The molecule has 4 nitrogen and oxygen atoms in total. The Hall–Kier alpha value is -2.19. The molecule has 0 spiro atoms.